The number of para-hydroxylation sites is 1. The summed E-state index contributed by atoms with van der Waals surface area (Å²) in [5.41, 5.74) is 0.796. The molecule has 0 unspecified atom stereocenters. The molecule has 3 aromatic rings. The molecule has 0 aliphatic rings. The normalized spacial score (nSPS) is 10.7. The van der Waals surface area contributed by atoms with E-state index in [2.05, 4.69) is 10.6 Å². The Morgan fingerprint density at radius 1 is 1.06 bits per heavy atom. The molecule has 0 atom stereocenters. The number of carbonyl (C=O) groups excluding carboxylic acids is 2. The lowest BCUT2D eigenvalue weighted by Gasteiger charge is -2.17. The first-order valence-electron chi connectivity index (χ1n) is 9.77. The molecular weight excluding hydrogens is 401 g/mol. The van der Waals surface area contributed by atoms with Gasteiger partial charge in [0.2, 0.25) is 5.91 Å². The Balaban J connectivity index is 1.47. The van der Waals surface area contributed by atoms with Crippen molar-refractivity contribution in [1.82, 2.24) is 10.2 Å². The van der Waals surface area contributed by atoms with Gasteiger partial charge >= 0.3 is 0 Å². The van der Waals surface area contributed by atoms with E-state index in [1.165, 1.54) is 18.4 Å². The highest BCUT2D eigenvalue weighted by atomic mass is 19.1. The van der Waals surface area contributed by atoms with Gasteiger partial charge < -0.3 is 19.8 Å². The molecule has 7 nitrogen and oxygen atoms in total. The van der Waals surface area contributed by atoms with Crippen LogP contribution < -0.4 is 15.4 Å². The molecule has 31 heavy (non-hydrogen) atoms. The van der Waals surface area contributed by atoms with Crippen LogP contribution in [-0.2, 0) is 11.3 Å². The highest BCUT2D eigenvalue weighted by Gasteiger charge is 2.14. The van der Waals surface area contributed by atoms with Crippen molar-refractivity contribution in [2.24, 2.45) is 0 Å². The van der Waals surface area contributed by atoms with Crippen LogP contribution in [0.15, 0.2) is 71.3 Å². The van der Waals surface area contributed by atoms with Gasteiger partial charge in [0.25, 0.3) is 5.91 Å². The van der Waals surface area contributed by atoms with Crippen molar-refractivity contribution in [2.75, 3.05) is 32.1 Å². The zero-order valence-corrected chi connectivity index (χ0v) is 17.1. The van der Waals surface area contributed by atoms with E-state index >= 15 is 0 Å². The number of hydrogen-bond donors (Lipinski definition) is 2. The second kappa shape index (κ2) is 10.9. The Bertz CT molecular complexity index is 990. The lowest BCUT2D eigenvalue weighted by atomic mass is 10.1. The monoisotopic (exact) mass is 425 g/mol. The summed E-state index contributed by atoms with van der Waals surface area (Å²) in [4.78, 5) is 26.7. The zero-order chi connectivity index (χ0) is 22.1. The molecule has 162 valence electrons. The lowest BCUT2D eigenvalue weighted by molar-refractivity contribution is -0.117. The van der Waals surface area contributed by atoms with Crippen molar-refractivity contribution in [3.05, 3.63) is 84.1 Å². The van der Waals surface area contributed by atoms with Crippen LogP contribution in [-0.4, -0.2) is 43.5 Å². The standard InChI is InChI=1S/C23H24FN3O4/c1-27(12-14-31-18-10-8-17(24)9-11-18)16-22(28)26-21-7-3-2-6-20(21)23(29)25-15-19-5-4-13-30-19/h2-11,13H,12,14-16H2,1H3,(H,25,29)(H,26,28). The van der Waals surface area contributed by atoms with E-state index in [0.717, 1.165) is 0 Å². The summed E-state index contributed by atoms with van der Waals surface area (Å²) in [6, 6.07) is 16.1. The molecule has 2 N–H and O–H groups in total. The van der Waals surface area contributed by atoms with Gasteiger partial charge in [-0.3, -0.25) is 14.5 Å². The average Bonchev–Trinajstić information content (AvgIpc) is 3.27. The fourth-order valence-electron chi connectivity index (χ4n) is 2.83. The van der Waals surface area contributed by atoms with Crippen LogP contribution in [0.3, 0.4) is 0 Å². The Labute approximate surface area is 179 Å². The predicted octanol–water partition coefficient (Wildman–Crippen LogP) is 3.30. The molecule has 0 radical (unpaired) electrons. The van der Waals surface area contributed by atoms with Crippen LogP contribution >= 0.6 is 0 Å². The van der Waals surface area contributed by atoms with E-state index in [4.69, 9.17) is 9.15 Å². The molecule has 0 saturated heterocycles. The molecular formula is C23H24FN3O4. The molecule has 3 rings (SSSR count). The van der Waals surface area contributed by atoms with Crippen molar-refractivity contribution < 1.29 is 23.1 Å². The number of likely N-dealkylation sites (N-methyl/N-ethyl adjacent to an activating group) is 1. The topological polar surface area (TPSA) is 83.8 Å². The van der Waals surface area contributed by atoms with E-state index in [0.29, 0.717) is 35.9 Å². The van der Waals surface area contributed by atoms with Crippen LogP contribution in [0.25, 0.3) is 0 Å². The SMILES string of the molecule is CN(CCOc1ccc(F)cc1)CC(=O)Nc1ccccc1C(=O)NCc1ccco1. The summed E-state index contributed by atoms with van der Waals surface area (Å²) in [5, 5.41) is 5.55. The highest BCUT2D eigenvalue weighted by molar-refractivity contribution is 6.04. The van der Waals surface area contributed by atoms with Gasteiger partial charge in [0.1, 0.15) is 23.9 Å². The maximum Gasteiger partial charge on any atom is 0.253 e. The molecule has 8 heteroatoms. The molecule has 0 fully saturated rings. The summed E-state index contributed by atoms with van der Waals surface area (Å²) in [7, 11) is 1.79. The molecule has 0 aliphatic carbocycles. The van der Waals surface area contributed by atoms with Crippen LogP contribution in [0.5, 0.6) is 5.75 Å². The number of nitrogens with zero attached hydrogens (tertiary/aromatic N) is 1. The van der Waals surface area contributed by atoms with Gasteiger partial charge in [-0.1, -0.05) is 12.1 Å². The van der Waals surface area contributed by atoms with Gasteiger partial charge in [-0.25, -0.2) is 4.39 Å². The minimum Gasteiger partial charge on any atom is -0.492 e. The number of rotatable bonds is 10. The molecule has 2 amide bonds. The third-order valence-electron chi connectivity index (χ3n) is 4.42. The van der Waals surface area contributed by atoms with E-state index in [-0.39, 0.29) is 30.7 Å². The molecule has 1 aromatic heterocycles. The van der Waals surface area contributed by atoms with Gasteiger partial charge in [0.15, 0.2) is 0 Å². The smallest absolute Gasteiger partial charge is 0.253 e. The summed E-state index contributed by atoms with van der Waals surface area (Å²) >= 11 is 0. The van der Waals surface area contributed by atoms with E-state index in [9.17, 15) is 14.0 Å². The lowest BCUT2D eigenvalue weighted by Crippen LogP contribution is -2.33. The van der Waals surface area contributed by atoms with Gasteiger partial charge in [-0.2, -0.15) is 0 Å². The van der Waals surface area contributed by atoms with Gasteiger partial charge in [-0.05, 0) is 55.6 Å². The van der Waals surface area contributed by atoms with Crippen molar-refractivity contribution in [2.45, 2.75) is 6.54 Å². The first-order chi connectivity index (χ1) is 15.0. The number of halogens is 1. The number of amides is 2. The van der Waals surface area contributed by atoms with Crippen molar-refractivity contribution in [1.29, 1.82) is 0 Å². The fraction of sp³-hybridized carbons (Fsp3) is 0.217. The summed E-state index contributed by atoms with van der Waals surface area (Å²) in [6.45, 7) is 1.22. The Kier molecular flexibility index (Phi) is 7.78. The quantitative estimate of drug-likeness (QED) is 0.521. The predicted molar refractivity (Wildman–Crippen MR) is 114 cm³/mol. The van der Waals surface area contributed by atoms with Crippen LogP contribution in [0.2, 0.25) is 0 Å². The second-order valence-electron chi connectivity index (χ2n) is 6.90. The summed E-state index contributed by atoms with van der Waals surface area (Å²) in [6.07, 6.45) is 1.54. The summed E-state index contributed by atoms with van der Waals surface area (Å²) in [5.74, 6) is 0.313. The number of carbonyl (C=O) groups is 2. The molecule has 0 spiro atoms. The number of nitrogens with one attached hydrogen (secondary N) is 2. The number of hydrogen-bond acceptors (Lipinski definition) is 5. The maximum absolute atomic E-state index is 12.9. The summed E-state index contributed by atoms with van der Waals surface area (Å²) < 4.78 is 23.7. The van der Waals surface area contributed by atoms with E-state index in [1.54, 1.807) is 60.5 Å². The number of ether oxygens (including phenoxy) is 1. The number of benzene rings is 2. The third kappa shape index (κ3) is 6.97. The minimum absolute atomic E-state index is 0.120. The first-order valence-corrected chi connectivity index (χ1v) is 9.77. The third-order valence-corrected chi connectivity index (χ3v) is 4.42. The first kappa shape index (κ1) is 22.0. The highest BCUT2D eigenvalue weighted by Crippen LogP contribution is 2.15. The van der Waals surface area contributed by atoms with Crippen molar-refractivity contribution in [3.63, 3.8) is 0 Å². The van der Waals surface area contributed by atoms with Crippen LogP contribution in [0.4, 0.5) is 10.1 Å². The maximum atomic E-state index is 12.9. The Hall–Kier alpha value is -3.65. The Morgan fingerprint density at radius 2 is 1.84 bits per heavy atom. The van der Waals surface area contributed by atoms with E-state index in [1.807, 2.05) is 0 Å². The molecule has 0 saturated carbocycles. The zero-order valence-electron chi connectivity index (χ0n) is 17.1. The van der Waals surface area contributed by atoms with Crippen LogP contribution in [0.1, 0.15) is 16.1 Å². The fourth-order valence-corrected chi connectivity index (χ4v) is 2.83. The molecule has 0 bridgehead atoms. The van der Waals surface area contributed by atoms with Gasteiger partial charge in [-0.15, -0.1) is 0 Å². The average molecular weight is 425 g/mol. The van der Waals surface area contributed by atoms with Gasteiger partial charge in [0.05, 0.1) is 30.6 Å². The van der Waals surface area contributed by atoms with Crippen LogP contribution in [0, 0.1) is 5.82 Å². The molecule has 2 aromatic carbocycles. The number of furan rings is 1. The molecule has 0 aliphatic heterocycles. The van der Waals surface area contributed by atoms with Crippen molar-refractivity contribution >= 4 is 17.5 Å². The van der Waals surface area contributed by atoms with Gasteiger partial charge in [0, 0.05) is 6.54 Å². The largest absolute Gasteiger partial charge is 0.492 e. The second-order valence-corrected chi connectivity index (χ2v) is 6.90. The Morgan fingerprint density at radius 3 is 2.58 bits per heavy atom. The molecule has 1 heterocycles. The van der Waals surface area contributed by atoms with Crippen molar-refractivity contribution in [3.8, 4) is 5.75 Å². The van der Waals surface area contributed by atoms with E-state index < -0.39 is 0 Å². The minimum atomic E-state index is -0.323. The number of anilines is 1.